The van der Waals surface area contributed by atoms with Crippen molar-refractivity contribution in [2.75, 3.05) is 20.2 Å². The van der Waals surface area contributed by atoms with Gasteiger partial charge in [0, 0.05) is 26.1 Å². The first-order valence-corrected chi connectivity index (χ1v) is 5.02. The third-order valence-corrected chi connectivity index (χ3v) is 2.59. The van der Waals surface area contributed by atoms with Crippen LogP contribution in [-0.4, -0.2) is 31.2 Å². The van der Waals surface area contributed by atoms with Crippen molar-refractivity contribution < 1.29 is 9.66 Å². The molecule has 1 aliphatic rings. The lowest BCUT2D eigenvalue weighted by Gasteiger charge is -2.15. The average Bonchev–Trinajstić information content (AvgIpc) is 2.58. The summed E-state index contributed by atoms with van der Waals surface area (Å²) in [5, 5.41) is 16.0. The van der Waals surface area contributed by atoms with Gasteiger partial charge in [0.1, 0.15) is 0 Å². The van der Waals surface area contributed by atoms with Gasteiger partial charge in [0.25, 0.3) is 6.20 Å². The maximum Gasteiger partial charge on any atom is 0.274 e. The molecule has 2 unspecified atom stereocenters. The van der Waals surface area contributed by atoms with E-state index < -0.39 is 4.92 Å². The first-order valence-electron chi connectivity index (χ1n) is 5.02. The van der Waals surface area contributed by atoms with E-state index in [0.29, 0.717) is 18.3 Å². The quantitative estimate of drug-likeness (QED) is 0.509. The zero-order valence-corrected chi connectivity index (χ0v) is 9.03. The molecule has 1 rings (SSSR count). The molecule has 15 heavy (non-hydrogen) atoms. The van der Waals surface area contributed by atoms with Gasteiger partial charge >= 0.3 is 0 Å². The van der Waals surface area contributed by atoms with Gasteiger partial charge in [-0.25, -0.2) is 0 Å². The third kappa shape index (κ3) is 3.75. The zero-order valence-electron chi connectivity index (χ0n) is 9.03. The Morgan fingerprint density at radius 2 is 2.47 bits per heavy atom. The molecule has 1 fully saturated rings. The Labute approximate surface area is 88.8 Å². The Morgan fingerprint density at radius 3 is 2.93 bits per heavy atom. The maximum atomic E-state index is 10.3. The second-order valence-electron chi connectivity index (χ2n) is 3.58. The molecule has 0 spiro atoms. The van der Waals surface area contributed by atoms with Crippen LogP contribution in [0.25, 0.3) is 0 Å². The Hall–Kier alpha value is -1.30. The molecule has 0 aromatic rings. The summed E-state index contributed by atoms with van der Waals surface area (Å²) >= 11 is 0. The van der Waals surface area contributed by atoms with Gasteiger partial charge in [-0.05, 0) is 13.3 Å². The second kappa shape index (κ2) is 5.55. The topological polar surface area (TPSA) is 76.4 Å². The molecular weight excluding hydrogens is 198 g/mol. The Balaban J connectivity index is 2.37. The zero-order chi connectivity index (χ0) is 11.3. The van der Waals surface area contributed by atoms with E-state index in [1.54, 1.807) is 7.05 Å². The summed E-state index contributed by atoms with van der Waals surface area (Å²) < 4.78 is 5.40. The highest BCUT2D eigenvalue weighted by Gasteiger charge is 2.23. The lowest BCUT2D eigenvalue weighted by atomic mass is 10.0. The normalized spacial score (nSPS) is 26.4. The Morgan fingerprint density at radius 1 is 1.73 bits per heavy atom. The minimum atomic E-state index is -0.479. The number of hydrogen-bond donors (Lipinski definition) is 2. The SMILES string of the molecule is CN/C(=C\[N+](=O)[O-])NCC1CCOC1C. The van der Waals surface area contributed by atoms with E-state index in [9.17, 15) is 10.1 Å². The van der Waals surface area contributed by atoms with Gasteiger partial charge in [0.15, 0.2) is 5.82 Å². The van der Waals surface area contributed by atoms with Crippen molar-refractivity contribution >= 4 is 0 Å². The van der Waals surface area contributed by atoms with E-state index in [4.69, 9.17) is 4.74 Å². The smallest absolute Gasteiger partial charge is 0.274 e. The van der Waals surface area contributed by atoms with Gasteiger partial charge in [0.2, 0.25) is 0 Å². The van der Waals surface area contributed by atoms with E-state index in [-0.39, 0.29) is 6.10 Å². The van der Waals surface area contributed by atoms with Crippen molar-refractivity contribution in [2.45, 2.75) is 19.4 Å². The van der Waals surface area contributed by atoms with Crippen LogP contribution in [0, 0.1) is 16.0 Å². The molecule has 2 N–H and O–H groups in total. The van der Waals surface area contributed by atoms with Crippen molar-refractivity contribution in [3.63, 3.8) is 0 Å². The third-order valence-electron chi connectivity index (χ3n) is 2.59. The predicted octanol–water partition coefficient (Wildman–Crippen LogP) is 0.296. The molecule has 0 aromatic heterocycles. The van der Waals surface area contributed by atoms with Crippen molar-refractivity contribution in [3.05, 3.63) is 22.1 Å². The highest BCUT2D eigenvalue weighted by atomic mass is 16.6. The number of nitro groups is 1. The Bertz CT molecular complexity index is 255. The molecule has 0 radical (unpaired) electrons. The monoisotopic (exact) mass is 215 g/mol. The van der Waals surface area contributed by atoms with Crippen molar-refractivity contribution in [1.82, 2.24) is 10.6 Å². The van der Waals surface area contributed by atoms with Crippen molar-refractivity contribution in [3.8, 4) is 0 Å². The van der Waals surface area contributed by atoms with Crippen molar-refractivity contribution in [2.24, 2.45) is 5.92 Å². The lowest BCUT2D eigenvalue weighted by molar-refractivity contribution is -0.404. The van der Waals surface area contributed by atoms with Crippen LogP contribution in [0.15, 0.2) is 12.0 Å². The van der Waals surface area contributed by atoms with Crippen LogP contribution in [0.2, 0.25) is 0 Å². The molecule has 1 aliphatic heterocycles. The number of rotatable bonds is 5. The van der Waals surface area contributed by atoms with Crippen LogP contribution in [0.4, 0.5) is 0 Å². The summed E-state index contributed by atoms with van der Waals surface area (Å²) in [5.74, 6) is 0.854. The number of nitrogens with one attached hydrogen (secondary N) is 2. The molecular formula is C9H17N3O3. The molecule has 0 saturated carbocycles. The first-order chi connectivity index (χ1) is 7.13. The van der Waals surface area contributed by atoms with Crippen LogP contribution in [0.5, 0.6) is 0 Å². The van der Waals surface area contributed by atoms with Gasteiger partial charge in [-0.15, -0.1) is 0 Å². The number of nitrogens with zero attached hydrogens (tertiary/aromatic N) is 1. The van der Waals surface area contributed by atoms with E-state index >= 15 is 0 Å². The van der Waals surface area contributed by atoms with Crippen LogP contribution < -0.4 is 10.6 Å². The second-order valence-corrected chi connectivity index (χ2v) is 3.58. The van der Waals surface area contributed by atoms with Crippen LogP contribution in [-0.2, 0) is 4.74 Å². The van der Waals surface area contributed by atoms with Gasteiger partial charge in [-0.2, -0.15) is 0 Å². The number of ether oxygens (including phenoxy) is 1. The Kier molecular flexibility index (Phi) is 4.36. The highest BCUT2D eigenvalue weighted by molar-refractivity contribution is 4.92. The first kappa shape index (κ1) is 11.8. The fourth-order valence-corrected chi connectivity index (χ4v) is 1.59. The van der Waals surface area contributed by atoms with Gasteiger partial charge < -0.3 is 15.4 Å². The summed E-state index contributed by atoms with van der Waals surface area (Å²) in [6.07, 6.45) is 2.16. The molecule has 2 atom stereocenters. The largest absolute Gasteiger partial charge is 0.378 e. The molecule has 6 nitrogen and oxygen atoms in total. The maximum absolute atomic E-state index is 10.3. The van der Waals surface area contributed by atoms with E-state index in [2.05, 4.69) is 10.6 Å². The fraction of sp³-hybridized carbons (Fsp3) is 0.778. The summed E-state index contributed by atoms with van der Waals surface area (Å²) in [6.45, 7) is 3.50. The van der Waals surface area contributed by atoms with E-state index in [0.717, 1.165) is 19.2 Å². The molecule has 0 bridgehead atoms. The number of hydrogen-bond acceptors (Lipinski definition) is 5. The minimum absolute atomic E-state index is 0.228. The molecule has 0 aliphatic carbocycles. The molecule has 0 aromatic carbocycles. The van der Waals surface area contributed by atoms with Gasteiger partial charge in [-0.3, -0.25) is 10.1 Å². The minimum Gasteiger partial charge on any atom is -0.378 e. The summed E-state index contributed by atoms with van der Waals surface area (Å²) in [4.78, 5) is 9.77. The average molecular weight is 215 g/mol. The predicted molar refractivity (Wildman–Crippen MR) is 55.7 cm³/mol. The molecule has 0 amide bonds. The summed E-state index contributed by atoms with van der Waals surface area (Å²) in [6, 6.07) is 0. The van der Waals surface area contributed by atoms with Crippen LogP contribution in [0.3, 0.4) is 0 Å². The molecule has 86 valence electrons. The van der Waals surface area contributed by atoms with E-state index in [1.165, 1.54) is 0 Å². The molecule has 1 saturated heterocycles. The fourth-order valence-electron chi connectivity index (χ4n) is 1.59. The standard InChI is InChI=1S/C9H17N3O3/c1-7-8(3-4-15-7)5-11-9(10-2)6-12(13)14/h6-8,10-11H,3-5H2,1-2H3/b9-6+. The van der Waals surface area contributed by atoms with E-state index in [1.807, 2.05) is 6.92 Å². The van der Waals surface area contributed by atoms with Crippen LogP contribution >= 0.6 is 0 Å². The summed E-state index contributed by atoms with van der Waals surface area (Å²) in [7, 11) is 1.65. The van der Waals surface area contributed by atoms with Crippen LogP contribution in [0.1, 0.15) is 13.3 Å². The van der Waals surface area contributed by atoms with Crippen molar-refractivity contribution in [1.29, 1.82) is 0 Å². The molecule has 6 heteroatoms. The lowest BCUT2D eigenvalue weighted by Crippen LogP contribution is -2.31. The van der Waals surface area contributed by atoms with Gasteiger partial charge in [0.05, 0.1) is 11.0 Å². The highest BCUT2D eigenvalue weighted by Crippen LogP contribution is 2.19. The summed E-state index contributed by atoms with van der Waals surface area (Å²) in [5.41, 5.74) is 0. The molecule has 1 heterocycles. The van der Waals surface area contributed by atoms with Gasteiger partial charge in [-0.1, -0.05) is 0 Å².